The average Bonchev–Trinajstić information content (AvgIpc) is 2.81. The molecule has 1 heterocycles. The Morgan fingerprint density at radius 1 is 1.14 bits per heavy atom. The summed E-state index contributed by atoms with van der Waals surface area (Å²) >= 11 is 6.77. The summed E-state index contributed by atoms with van der Waals surface area (Å²) < 4.78 is 0. The van der Waals surface area contributed by atoms with Crippen LogP contribution in [0.1, 0.15) is 40.7 Å². The summed E-state index contributed by atoms with van der Waals surface area (Å²) in [5.41, 5.74) is 2.97. The van der Waals surface area contributed by atoms with Gasteiger partial charge in [0.2, 0.25) is 5.78 Å². The van der Waals surface area contributed by atoms with E-state index in [-0.39, 0.29) is 36.1 Å². The number of rotatable bonds is 3. The molecule has 37 heavy (non-hydrogen) atoms. The van der Waals surface area contributed by atoms with E-state index in [1.807, 2.05) is 12.1 Å². The number of carbonyl (C=O) groups is 3. The average molecular weight is 525 g/mol. The number of nitrogens with two attached hydrogens (primary N) is 1. The second-order valence-electron chi connectivity index (χ2n) is 10.4. The van der Waals surface area contributed by atoms with Crippen molar-refractivity contribution in [1.82, 2.24) is 4.90 Å². The third-order valence-electron chi connectivity index (χ3n) is 8.39. The molecule has 2 aromatic carbocycles. The van der Waals surface area contributed by atoms with Crippen LogP contribution in [0.25, 0.3) is 10.8 Å². The molecule has 1 fully saturated rings. The molecule has 0 unspecified atom stereocenters. The highest BCUT2D eigenvalue weighted by atomic mass is 35.5. The highest BCUT2D eigenvalue weighted by Crippen LogP contribution is 2.53. The molecule has 2 aromatic rings. The Kier molecular flexibility index (Phi) is 5.21. The van der Waals surface area contributed by atoms with Crippen LogP contribution in [-0.4, -0.2) is 61.5 Å². The van der Waals surface area contributed by atoms with E-state index in [9.17, 15) is 34.8 Å². The molecule has 0 aromatic heterocycles. The summed E-state index contributed by atoms with van der Waals surface area (Å²) in [5.74, 6) is -6.53. The minimum atomic E-state index is -2.59. The van der Waals surface area contributed by atoms with Gasteiger partial charge in [-0.15, -0.1) is 0 Å². The van der Waals surface area contributed by atoms with Crippen molar-refractivity contribution in [2.45, 2.75) is 37.8 Å². The first kappa shape index (κ1) is 24.0. The van der Waals surface area contributed by atoms with Crippen LogP contribution in [0.2, 0.25) is 5.02 Å². The maximum atomic E-state index is 13.8. The number of allylic oxidation sites excluding steroid dienone is 2. The quantitative estimate of drug-likeness (QED) is 0.383. The molecule has 6 N–H and O–H groups in total. The van der Waals surface area contributed by atoms with Gasteiger partial charge >= 0.3 is 0 Å². The number of hydrogen-bond donors (Lipinski definition) is 5. The number of phenols is 1. The number of benzene rings is 2. The maximum absolute atomic E-state index is 13.8. The number of carbonyl (C=O) groups excluding carboxylic acids is 3. The van der Waals surface area contributed by atoms with Crippen LogP contribution < -0.4 is 5.73 Å². The van der Waals surface area contributed by atoms with Gasteiger partial charge in [-0.1, -0.05) is 23.7 Å². The number of Topliss-reactive ketones (excluding diaryl/α,β-unsaturated/α-hetero) is 2. The first-order valence-corrected chi connectivity index (χ1v) is 12.6. The van der Waals surface area contributed by atoms with Gasteiger partial charge in [0.15, 0.2) is 11.4 Å². The van der Waals surface area contributed by atoms with E-state index in [0.29, 0.717) is 27.9 Å². The number of ketones is 2. The molecule has 1 saturated heterocycles. The largest absolute Gasteiger partial charge is 0.511 e. The molecule has 0 spiro atoms. The Labute approximate surface area is 216 Å². The van der Waals surface area contributed by atoms with Crippen molar-refractivity contribution >= 4 is 39.8 Å². The summed E-state index contributed by atoms with van der Waals surface area (Å²) in [6.45, 7) is 2.69. The number of hydrogen-bond acceptors (Lipinski definition) is 8. The summed E-state index contributed by atoms with van der Waals surface area (Å²) in [4.78, 5) is 40.9. The monoisotopic (exact) mass is 524 g/mol. The van der Waals surface area contributed by atoms with Gasteiger partial charge in [0.25, 0.3) is 5.91 Å². The SMILES string of the molecule is NC(=O)C1=C(O)C[C@@H]2C[C@@H]3Cc4c(c(O)c5cc(CN6CCC6)ccc5c4Cl)C(=O)C3=C(O)[C@]2(O)C1=O. The lowest BCUT2D eigenvalue weighted by Gasteiger charge is -2.45. The lowest BCUT2D eigenvalue weighted by molar-refractivity contribution is -0.144. The Hall–Kier alpha value is -3.40. The van der Waals surface area contributed by atoms with Gasteiger partial charge in [0.1, 0.15) is 22.8 Å². The minimum Gasteiger partial charge on any atom is -0.511 e. The molecule has 6 rings (SSSR count). The standard InChI is InChI=1S/C27H25ClN2O7/c28-21-14-3-2-11(10-30-4-1-5-30)6-15(14)22(32)19-16(21)8-12-7-13-9-17(31)20(26(29)36)25(35)27(13,37)24(34)18(12)23(19)33/h2-3,6,12-13,31-32,34,37H,1,4-5,7-10H2,(H2,29,36)/t12-,13+,27+/m1/s1. The fraction of sp³-hybridized carbons (Fsp3) is 0.370. The summed E-state index contributed by atoms with van der Waals surface area (Å²) in [6, 6.07) is 5.57. The van der Waals surface area contributed by atoms with Gasteiger partial charge in [-0.3, -0.25) is 19.3 Å². The summed E-state index contributed by atoms with van der Waals surface area (Å²) in [7, 11) is 0. The van der Waals surface area contributed by atoms with Crippen molar-refractivity contribution in [2.24, 2.45) is 17.6 Å². The molecule has 4 aliphatic rings. The molecular formula is C27H25ClN2O7. The lowest BCUT2D eigenvalue weighted by atomic mass is 9.60. The molecule has 0 radical (unpaired) electrons. The Bertz CT molecular complexity index is 1510. The smallest absolute Gasteiger partial charge is 0.255 e. The highest BCUT2D eigenvalue weighted by molar-refractivity contribution is 6.38. The molecule has 1 aliphatic heterocycles. The van der Waals surface area contributed by atoms with Crippen molar-refractivity contribution in [3.63, 3.8) is 0 Å². The number of primary amides is 1. The topological polar surface area (TPSA) is 161 Å². The molecule has 9 nitrogen and oxygen atoms in total. The van der Waals surface area contributed by atoms with Crippen LogP contribution in [0.3, 0.4) is 0 Å². The summed E-state index contributed by atoms with van der Waals surface area (Å²) in [5, 5.41) is 45.4. The second kappa shape index (κ2) is 8.05. The number of aromatic hydroxyl groups is 1. The number of likely N-dealkylation sites (tertiary alicyclic amines) is 1. The molecule has 3 aliphatic carbocycles. The third kappa shape index (κ3) is 3.20. The van der Waals surface area contributed by atoms with Crippen molar-refractivity contribution in [2.75, 3.05) is 13.1 Å². The van der Waals surface area contributed by atoms with Crippen LogP contribution in [0.15, 0.2) is 40.9 Å². The van der Waals surface area contributed by atoms with Crippen LogP contribution >= 0.6 is 11.6 Å². The van der Waals surface area contributed by atoms with Gasteiger partial charge in [0, 0.05) is 35.2 Å². The Morgan fingerprint density at radius 3 is 2.51 bits per heavy atom. The van der Waals surface area contributed by atoms with Crippen molar-refractivity contribution < 1.29 is 34.8 Å². The third-order valence-corrected chi connectivity index (χ3v) is 8.82. The lowest BCUT2D eigenvalue weighted by Crippen LogP contribution is -2.57. The van der Waals surface area contributed by atoms with Crippen molar-refractivity contribution in [3.05, 3.63) is 62.6 Å². The first-order chi connectivity index (χ1) is 17.5. The fourth-order valence-electron chi connectivity index (χ4n) is 6.38. The number of halogens is 1. The zero-order valence-electron chi connectivity index (χ0n) is 19.8. The number of nitrogens with zero attached hydrogens (tertiary/aromatic N) is 1. The zero-order chi connectivity index (χ0) is 26.4. The van der Waals surface area contributed by atoms with Crippen LogP contribution in [0.5, 0.6) is 5.75 Å². The van der Waals surface area contributed by atoms with Crippen molar-refractivity contribution in [3.8, 4) is 5.75 Å². The number of aliphatic hydroxyl groups excluding tert-OH is 2. The molecule has 1 amide bonds. The molecular weight excluding hydrogens is 500 g/mol. The minimum absolute atomic E-state index is 0.0623. The van der Waals surface area contributed by atoms with Crippen LogP contribution in [-0.2, 0) is 22.6 Å². The van der Waals surface area contributed by atoms with Crippen LogP contribution in [0, 0.1) is 11.8 Å². The van der Waals surface area contributed by atoms with Gasteiger partial charge in [-0.2, -0.15) is 0 Å². The highest BCUT2D eigenvalue weighted by Gasteiger charge is 2.59. The molecule has 192 valence electrons. The summed E-state index contributed by atoms with van der Waals surface area (Å²) in [6.07, 6.45) is 1.10. The van der Waals surface area contributed by atoms with E-state index in [4.69, 9.17) is 17.3 Å². The van der Waals surface area contributed by atoms with E-state index >= 15 is 0 Å². The normalized spacial score (nSPS) is 27.6. The first-order valence-electron chi connectivity index (χ1n) is 12.2. The maximum Gasteiger partial charge on any atom is 0.255 e. The molecule has 3 atom stereocenters. The van der Waals surface area contributed by atoms with Gasteiger partial charge in [0.05, 0.1) is 10.6 Å². The number of phenolic OH excluding ortho intramolecular Hbond substituents is 1. The predicted molar refractivity (Wildman–Crippen MR) is 133 cm³/mol. The van der Waals surface area contributed by atoms with Gasteiger partial charge in [-0.25, -0.2) is 0 Å². The second-order valence-corrected chi connectivity index (χ2v) is 10.8. The number of aliphatic hydroxyl groups is 3. The van der Waals surface area contributed by atoms with E-state index in [1.54, 1.807) is 6.07 Å². The van der Waals surface area contributed by atoms with E-state index in [1.165, 1.54) is 0 Å². The number of fused-ring (bicyclic) bond motifs is 4. The zero-order valence-corrected chi connectivity index (χ0v) is 20.5. The Balaban J connectivity index is 1.50. The molecule has 10 heteroatoms. The van der Waals surface area contributed by atoms with E-state index in [2.05, 4.69) is 4.90 Å². The number of amides is 1. The molecule has 0 saturated carbocycles. The van der Waals surface area contributed by atoms with Gasteiger partial charge in [-0.05, 0) is 55.5 Å². The predicted octanol–water partition coefficient (Wildman–Crippen LogP) is 2.59. The Morgan fingerprint density at radius 2 is 1.86 bits per heavy atom. The van der Waals surface area contributed by atoms with Crippen LogP contribution in [0.4, 0.5) is 0 Å². The van der Waals surface area contributed by atoms with Gasteiger partial charge < -0.3 is 26.2 Å². The van der Waals surface area contributed by atoms with Crippen molar-refractivity contribution in [1.29, 1.82) is 0 Å². The molecule has 0 bridgehead atoms. The van der Waals surface area contributed by atoms with E-state index in [0.717, 1.165) is 25.1 Å². The van der Waals surface area contributed by atoms with E-state index < -0.39 is 52.0 Å². The fourth-order valence-corrected chi connectivity index (χ4v) is 6.72.